The number of amides is 2. The highest BCUT2D eigenvalue weighted by atomic mass is 16.2. The molecule has 0 bridgehead atoms. The molecule has 1 fully saturated rings. The SMILES string of the molecule is O=C1CN(c2ccc(NC(=O)Cc3n[nH]c(=O)c4ccccc34)cc2)CCN1. The van der Waals surface area contributed by atoms with Crippen LogP contribution in [0.2, 0.25) is 0 Å². The molecule has 1 aliphatic rings. The van der Waals surface area contributed by atoms with Crippen LogP contribution >= 0.6 is 0 Å². The number of carbonyl (C=O) groups is 2. The number of fused-ring (bicyclic) bond motifs is 1. The molecule has 0 unspecified atom stereocenters. The van der Waals surface area contributed by atoms with Gasteiger partial charge in [-0.05, 0) is 30.3 Å². The maximum atomic E-state index is 12.4. The number of anilines is 2. The molecule has 0 radical (unpaired) electrons. The minimum atomic E-state index is -0.276. The van der Waals surface area contributed by atoms with E-state index in [-0.39, 0.29) is 23.8 Å². The molecule has 1 aromatic heterocycles. The number of piperazine rings is 1. The van der Waals surface area contributed by atoms with E-state index in [2.05, 4.69) is 20.8 Å². The van der Waals surface area contributed by atoms with E-state index in [9.17, 15) is 14.4 Å². The second-order valence-corrected chi connectivity index (χ2v) is 6.59. The molecule has 0 saturated carbocycles. The van der Waals surface area contributed by atoms with Crippen LogP contribution in [0.25, 0.3) is 10.8 Å². The van der Waals surface area contributed by atoms with E-state index in [1.807, 2.05) is 23.1 Å². The van der Waals surface area contributed by atoms with Gasteiger partial charge in [-0.15, -0.1) is 0 Å². The van der Waals surface area contributed by atoms with Gasteiger partial charge in [-0.25, -0.2) is 5.10 Å². The number of aromatic amines is 1. The van der Waals surface area contributed by atoms with Crippen molar-refractivity contribution in [3.8, 4) is 0 Å². The number of nitrogens with zero attached hydrogens (tertiary/aromatic N) is 2. The summed E-state index contributed by atoms with van der Waals surface area (Å²) in [6, 6.07) is 14.4. The van der Waals surface area contributed by atoms with Gasteiger partial charge in [0.1, 0.15) is 0 Å². The molecule has 3 aromatic rings. The zero-order chi connectivity index (χ0) is 19.5. The van der Waals surface area contributed by atoms with Crippen molar-refractivity contribution in [2.24, 2.45) is 0 Å². The summed E-state index contributed by atoms with van der Waals surface area (Å²) in [5.41, 5.74) is 1.83. The second-order valence-electron chi connectivity index (χ2n) is 6.59. The molecule has 0 spiro atoms. The minimum Gasteiger partial charge on any atom is -0.360 e. The van der Waals surface area contributed by atoms with Crippen molar-refractivity contribution in [1.29, 1.82) is 0 Å². The van der Waals surface area contributed by atoms with E-state index in [0.717, 1.165) is 12.2 Å². The highest BCUT2D eigenvalue weighted by Crippen LogP contribution is 2.19. The number of carbonyl (C=O) groups excluding carboxylic acids is 2. The van der Waals surface area contributed by atoms with Crippen LogP contribution in [0.15, 0.2) is 53.3 Å². The topological polar surface area (TPSA) is 107 Å². The second kappa shape index (κ2) is 7.51. The van der Waals surface area contributed by atoms with Gasteiger partial charge in [0.2, 0.25) is 11.8 Å². The summed E-state index contributed by atoms with van der Waals surface area (Å²) in [6.07, 6.45) is 0.0470. The number of benzene rings is 2. The van der Waals surface area contributed by atoms with E-state index in [1.165, 1.54) is 0 Å². The summed E-state index contributed by atoms with van der Waals surface area (Å²) in [7, 11) is 0. The van der Waals surface area contributed by atoms with Crippen LogP contribution in [-0.4, -0.2) is 41.6 Å². The summed E-state index contributed by atoms with van der Waals surface area (Å²) in [6.45, 7) is 1.70. The van der Waals surface area contributed by atoms with Crippen LogP contribution in [0.4, 0.5) is 11.4 Å². The van der Waals surface area contributed by atoms with Gasteiger partial charge in [0.25, 0.3) is 5.56 Å². The molecule has 28 heavy (non-hydrogen) atoms. The van der Waals surface area contributed by atoms with Gasteiger partial charge in [-0.1, -0.05) is 18.2 Å². The van der Waals surface area contributed by atoms with Crippen LogP contribution < -0.4 is 21.1 Å². The third-order valence-electron chi connectivity index (χ3n) is 4.66. The monoisotopic (exact) mass is 377 g/mol. The first-order valence-corrected chi connectivity index (χ1v) is 8.98. The van der Waals surface area contributed by atoms with Crippen LogP contribution in [0, 0.1) is 0 Å². The average molecular weight is 377 g/mol. The quantitative estimate of drug-likeness (QED) is 0.630. The van der Waals surface area contributed by atoms with E-state index in [0.29, 0.717) is 35.2 Å². The van der Waals surface area contributed by atoms with Gasteiger partial charge in [-0.2, -0.15) is 5.10 Å². The molecule has 2 amide bonds. The average Bonchev–Trinajstić information content (AvgIpc) is 2.71. The molecular weight excluding hydrogens is 358 g/mol. The largest absolute Gasteiger partial charge is 0.360 e. The van der Waals surface area contributed by atoms with Crippen molar-refractivity contribution in [2.75, 3.05) is 29.9 Å². The third-order valence-corrected chi connectivity index (χ3v) is 4.66. The van der Waals surface area contributed by atoms with Crippen LogP contribution in [-0.2, 0) is 16.0 Å². The Hall–Kier alpha value is -3.68. The first-order chi connectivity index (χ1) is 13.6. The molecule has 8 nitrogen and oxygen atoms in total. The molecule has 142 valence electrons. The Morgan fingerprint density at radius 1 is 1.07 bits per heavy atom. The van der Waals surface area contributed by atoms with Crippen molar-refractivity contribution in [3.05, 3.63) is 64.6 Å². The first-order valence-electron chi connectivity index (χ1n) is 8.98. The lowest BCUT2D eigenvalue weighted by Gasteiger charge is -2.28. The van der Waals surface area contributed by atoms with Crippen molar-refractivity contribution >= 4 is 34.0 Å². The Morgan fingerprint density at radius 2 is 1.82 bits per heavy atom. The lowest BCUT2D eigenvalue weighted by molar-refractivity contribution is -0.120. The number of hydrogen-bond donors (Lipinski definition) is 3. The van der Waals surface area contributed by atoms with Crippen LogP contribution in [0.1, 0.15) is 5.69 Å². The van der Waals surface area contributed by atoms with Crippen LogP contribution in [0.3, 0.4) is 0 Å². The van der Waals surface area contributed by atoms with Gasteiger partial charge >= 0.3 is 0 Å². The molecular formula is C20H19N5O3. The molecule has 0 aliphatic carbocycles. The molecule has 4 rings (SSSR count). The fourth-order valence-corrected chi connectivity index (χ4v) is 3.28. The maximum Gasteiger partial charge on any atom is 0.272 e. The third kappa shape index (κ3) is 3.71. The zero-order valence-corrected chi connectivity index (χ0v) is 15.1. The highest BCUT2D eigenvalue weighted by Gasteiger charge is 2.16. The molecule has 1 saturated heterocycles. The predicted octanol–water partition coefficient (Wildman–Crippen LogP) is 1.04. The van der Waals surface area contributed by atoms with Crippen molar-refractivity contribution in [1.82, 2.24) is 15.5 Å². The standard InChI is InChI=1S/C20H19N5O3/c26-18(11-17-15-3-1-2-4-16(15)20(28)24-23-17)22-13-5-7-14(8-6-13)25-10-9-21-19(27)12-25/h1-8H,9-12H2,(H,21,27)(H,22,26)(H,24,28). The van der Waals surface area contributed by atoms with Crippen molar-refractivity contribution in [3.63, 3.8) is 0 Å². The van der Waals surface area contributed by atoms with E-state index in [4.69, 9.17) is 0 Å². The normalized spacial score (nSPS) is 14.0. The Morgan fingerprint density at radius 3 is 2.57 bits per heavy atom. The molecule has 2 aromatic carbocycles. The van der Waals surface area contributed by atoms with Gasteiger partial charge in [0.05, 0.1) is 24.0 Å². The summed E-state index contributed by atoms with van der Waals surface area (Å²) in [4.78, 5) is 37.8. The number of rotatable bonds is 4. The Labute approximate surface area is 160 Å². The first kappa shape index (κ1) is 17.7. The Kier molecular flexibility index (Phi) is 4.76. The van der Waals surface area contributed by atoms with E-state index in [1.54, 1.807) is 30.3 Å². The Balaban J connectivity index is 1.45. The fourth-order valence-electron chi connectivity index (χ4n) is 3.28. The zero-order valence-electron chi connectivity index (χ0n) is 15.1. The summed E-state index contributed by atoms with van der Waals surface area (Å²) in [5, 5.41) is 13.3. The van der Waals surface area contributed by atoms with Gasteiger partial charge in [0.15, 0.2) is 0 Å². The molecule has 3 N–H and O–H groups in total. The fraction of sp³-hybridized carbons (Fsp3) is 0.200. The number of aromatic nitrogens is 2. The lowest BCUT2D eigenvalue weighted by atomic mass is 10.1. The smallest absolute Gasteiger partial charge is 0.272 e. The maximum absolute atomic E-state index is 12.4. The predicted molar refractivity (Wildman–Crippen MR) is 106 cm³/mol. The van der Waals surface area contributed by atoms with E-state index >= 15 is 0 Å². The Bertz CT molecular complexity index is 1090. The molecule has 1 aliphatic heterocycles. The van der Waals surface area contributed by atoms with Crippen molar-refractivity contribution < 1.29 is 9.59 Å². The van der Waals surface area contributed by atoms with Crippen LogP contribution in [0.5, 0.6) is 0 Å². The van der Waals surface area contributed by atoms with Crippen molar-refractivity contribution in [2.45, 2.75) is 6.42 Å². The molecule has 8 heteroatoms. The number of H-pyrrole nitrogens is 1. The lowest BCUT2D eigenvalue weighted by Crippen LogP contribution is -2.47. The minimum absolute atomic E-state index is 0.00394. The summed E-state index contributed by atoms with van der Waals surface area (Å²) >= 11 is 0. The van der Waals surface area contributed by atoms with E-state index < -0.39 is 0 Å². The van der Waals surface area contributed by atoms with Gasteiger partial charge in [-0.3, -0.25) is 14.4 Å². The van der Waals surface area contributed by atoms with Gasteiger partial charge in [0, 0.05) is 29.9 Å². The molecule has 2 heterocycles. The number of nitrogens with one attached hydrogen (secondary N) is 3. The summed E-state index contributed by atoms with van der Waals surface area (Å²) < 4.78 is 0. The number of hydrogen-bond acceptors (Lipinski definition) is 5. The molecule has 0 atom stereocenters. The summed E-state index contributed by atoms with van der Waals surface area (Å²) in [5.74, 6) is -0.223. The highest BCUT2D eigenvalue weighted by molar-refractivity contribution is 5.95. The van der Waals surface area contributed by atoms with Gasteiger partial charge < -0.3 is 15.5 Å².